The molecule has 0 bridgehead atoms. The lowest BCUT2D eigenvalue weighted by molar-refractivity contribution is -0.118. The number of rotatable bonds is 8. The molecule has 0 atom stereocenters. The lowest BCUT2D eigenvalue weighted by Crippen LogP contribution is -2.09. The first-order valence-electron chi connectivity index (χ1n) is 8.05. The molecule has 0 aromatic heterocycles. The Labute approximate surface area is 155 Å². The third-order valence-electron chi connectivity index (χ3n) is 4.04. The second-order valence-corrected chi connectivity index (χ2v) is 6.77. The predicted molar refractivity (Wildman–Crippen MR) is 100 cm³/mol. The molecule has 0 aliphatic rings. The number of halogens is 1. The van der Waals surface area contributed by atoms with Gasteiger partial charge in [0, 0.05) is 10.9 Å². The molecule has 134 valence electrons. The van der Waals surface area contributed by atoms with E-state index in [1.807, 2.05) is 6.07 Å². The highest BCUT2D eigenvalue weighted by Crippen LogP contribution is 2.34. The number of primary amides is 1. The van der Waals surface area contributed by atoms with Crippen LogP contribution in [-0.2, 0) is 17.6 Å². The van der Waals surface area contributed by atoms with Crippen molar-refractivity contribution in [2.75, 3.05) is 7.11 Å². The lowest BCUT2D eigenvalue weighted by atomic mass is 9.95. The molecule has 0 spiro atoms. The van der Waals surface area contributed by atoms with Gasteiger partial charge in [0.25, 0.3) is 0 Å². The molecule has 5 nitrogen and oxygen atoms in total. The van der Waals surface area contributed by atoms with Gasteiger partial charge in [-0.25, -0.2) is 0 Å². The van der Waals surface area contributed by atoms with E-state index in [2.05, 4.69) is 15.9 Å². The van der Waals surface area contributed by atoms with Crippen molar-refractivity contribution < 1.29 is 19.7 Å². The number of carbonyl (C=O) groups excluding carboxylic acids is 1. The van der Waals surface area contributed by atoms with Gasteiger partial charge in [-0.3, -0.25) is 4.79 Å². The van der Waals surface area contributed by atoms with Crippen LogP contribution in [0.4, 0.5) is 0 Å². The second kappa shape index (κ2) is 8.76. The summed E-state index contributed by atoms with van der Waals surface area (Å²) >= 11 is 3.50. The van der Waals surface area contributed by atoms with Crippen molar-refractivity contribution in [3.63, 3.8) is 0 Å². The number of hydrogen-bond donors (Lipinski definition) is 3. The zero-order valence-corrected chi connectivity index (χ0v) is 15.7. The molecule has 2 aromatic rings. The summed E-state index contributed by atoms with van der Waals surface area (Å²) < 4.78 is 5.93. The van der Waals surface area contributed by atoms with Gasteiger partial charge in [-0.05, 0) is 66.6 Å². The summed E-state index contributed by atoms with van der Waals surface area (Å²) in [4.78, 5) is 10.8. The normalized spacial score (nSPS) is 10.6. The Bertz CT molecular complexity index is 761. The fourth-order valence-corrected chi connectivity index (χ4v) is 3.19. The van der Waals surface area contributed by atoms with E-state index < -0.39 is 0 Å². The summed E-state index contributed by atoms with van der Waals surface area (Å²) in [6, 6.07) is 8.67. The number of hydrogen-bond acceptors (Lipinski definition) is 4. The third kappa shape index (κ3) is 5.39. The van der Waals surface area contributed by atoms with E-state index in [1.165, 1.54) is 7.11 Å². The number of methoxy groups -OCH3 is 1. The van der Waals surface area contributed by atoms with Gasteiger partial charge in [-0.1, -0.05) is 22.0 Å². The molecule has 2 rings (SSSR count). The smallest absolute Gasteiger partial charge is 0.217 e. The zero-order chi connectivity index (χ0) is 18.4. The highest BCUT2D eigenvalue weighted by Gasteiger charge is 2.12. The Morgan fingerprint density at radius 1 is 1.12 bits per heavy atom. The third-order valence-corrected chi connectivity index (χ3v) is 4.78. The van der Waals surface area contributed by atoms with Crippen LogP contribution < -0.4 is 10.5 Å². The number of nitrogens with two attached hydrogens (primary N) is 1. The van der Waals surface area contributed by atoms with Gasteiger partial charge in [0.1, 0.15) is 5.75 Å². The molecule has 2 aromatic carbocycles. The van der Waals surface area contributed by atoms with Crippen LogP contribution >= 0.6 is 15.9 Å². The maximum Gasteiger partial charge on any atom is 0.217 e. The molecule has 0 saturated heterocycles. The molecule has 1 amide bonds. The number of benzene rings is 2. The first kappa shape index (κ1) is 19.1. The molecule has 0 fully saturated rings. The maximum absolute atomic E-state index is 10.8. The van der Waals surface area contributed by atoms with Gasteiger partial charge in [0.15, 0.2) is 11.5 Å². The predicted octanol–water partition coefficient (Wildman–Crippen LogP) is 3.66. The van der Waals surface area contributed by atoms with Crippen LogP contribution in [-0.4, -0.2) is 23.2 Å². The minimum atomic E-state index is -0.288. The number of amides is 1. The van der Waals surface area contributed by atoms with Crippen LogP contribution in [0.25, 0.3) is 0 Å². The van der Waals surface area contributed by atoms with Crippen LogP contribution in [0.3, 0.4) is 0 Å². The van der Waals surface area contributed by atoms with Gasteiger partial charge in [-0.15, -0.1) is 0 Å². The highest BCUT2D eigenvalue weighted by atomic mass is 79.9. The average Bonchev–Trinajstić information content (AvgIpc) is 2.56. The van der Waals surface area contributed by atoms with Gasteiger partial charge in [-0.2, -0.15) is 0 Å². The fourth-order valence-electron chi connectivity index (χ4n) is 2.73. The number of aryl methyl sites for hydroxylation is 1. The van der Waals surface area contributed by atoms with Crippen LogP contribution in [0.15, 0.2) is 34.8 Å². The molecule has 0 saturated carbocycles. The first-order valence-corrected chi connectivity index (χ1v) is 8.84. The molecular formula is C19H22BrNO4. The number of aromatic hydroxyl groups is 2. The quantitative estimate of drug-likeness (QED) is 0.582. The Hall–Kier alpha value is -2.21. The summed E-state index contributed by atoms with van der Waals surface area (Å²) in [5, 5.41) is 19.8. The largest absolute Gasteiger partial charge is 0.508 e. The molecule has 6 heteroatoms. The van der Waals surface area contributed by atoms with E-state index >= 15 is 0 Å². The Morgan fingerprint density at radius 3 is 2.56 bits per heavy atom. The Morgan fingerprint density at radius 2 is 1.88 bits per heavy atom. The topological polar surface area (TPSA) is 92.8 Å². The van der Waals surface area contributed by atoms with Crippen molar-refractivity contribution in [1.82, 2.24) is 0 Å². The molecule has 0 aliphatic heterocycles. The van der Waals surface area contributed by atoms with E-state index in [-0.39, 0.29) is 17.4 Å². The monoisotopic (exact) mass is 407 g/mol. The Balaban J connectivity index is 2.19. The van der Waals surface area contributed by atoms with Gasteiger partial charge in [0.2, 0.25) is 5.91 Å². The molecule has 4 N–H and O–H groups in total. The van der Waals surface area contributed by atoms with E-state index in [4.69, 9.17) is 10.5 Å². The minimum absolute atomic E-state index is 0.0730. The van der Waals surface area contributed by atoms with Crippen molar-refractivity contribution in [2.45, 2.75) is 32.1 Å². The van der Waals surface area contributed by atoms with Crippen molar-refractivity contribution in [3.8, 4) is 17.2 Å². The Kier molecular flexibility index (Phi) is 6.70. The molecule has 0 aliphatic carbocycles. The van der Waals surface area contributed by atoms with E-state index in [9.17, 15) is 15.0 Å². The number of unbranched alkanes of at least 4 members (excludes halogenated alkanes) is 1. The van der Waals surface area contributed by atoms with Crippen molar-refractivity contribution in [1.29, 1.82) is 0 Å². The zero-order valence-electron chi connectivity index (χ0n) is 14.1. The van der Waals surface area contributed by atoms with Crippen LogP contribution in [0, 0.1) is 0 Å². The number of ether oxygens (including phenoxy) is 1. The fraction of sp³-hybridized carbons (Fsp3) is 0.316. The van der Waals surface area contributed by atoms with Crippen LogP contribution in [0.1, 0.15) is 36.0 Å². The van der Waals surface area contributed by atoms with E-state index in [0.29, 0.717) is 18.6 Å². The first-order chi connectivity index (χ1) is 11.9. The second-order valence-electron chi connectivity index (χ2n) is 5.92. The SMILES string of the molecule is COc1cc(Br)c(Cc2cc(O)ccc2CCCCC(N)=O)cc1O. The molecule has 25 heavy (non-hydrogen) atoms. The summed E-state index contributed by atoms with van der Waals surface area (Å²) in [6.45, 7) is 0. The van der Waals surface area contributed by atoms with Crippen LogP contribution in [0.5, 0.6) is 17.2 Å². The molecular weight excluding hydrogens is 386 g/mol. The summed E-state index contributed by atoms with van der Waals surface area (Å²) in [5.74, 6) is 0.385. The maximum atomic E-state index is 10.8. The number of carbonyl (C=O) groups is 1. The lowest BCUT2D eigenvalue weighted by Gasteiger charge is -2.13. The van der Waals surface area contributed by atoms with Crippen LogP contribution in [0.2, 0.25) is 0 Å². The van der Waals surface area contributed by atoms with Gasteiger partial charge in [0.05, 0.1) is 7.11 Å². The van der Waals surface area contributed by atoms with E-state index in [1.54, 1.807) is 24.3 Å². The van der Waals surface area contributed by atoms with Gasteiger partial charge < -0.3 is 20.7 Å². The van der Waals surface area contributed by atoms with Crippen molar-refractivity contribution >= 4 is 21.8 Å². The van der Waals surface area contributed by atoms with E-state index in [0.717, 1.165) is 40.4 Å². The van der Waals surface area contributed by atoms with Crippen molar-refractivity contribution in [2.24, 2.45) is 5.73 Å². The number of phenolic OH excluding ortho intramolecular Hbond substituents is 2. The summed E-state index contributed by atoms with van der Waals surface area (Å²) in [6.07, 6.45) is 3.31. The molecule has 0 heterocycles. The van der Waals surface area contributed by atoms with Gasteiger partial charge >= 0.3 is 0 Å². The van der Waals surface area contributed by atoms with Crippen molar-refractivity contribution in [3.05, 3.63) is 51.5 Å². The average molecular weight is 408 g/mol. The highest BCUT2D eigenvalue weighted by molar-refractivity contribution is 9.10. The summed E-state index contributed by atoms with van der Waals surface area (Å²) in [7, 11) is 1.50. The molecule has 0 unspecified atom stereocenters. The minimum Gasteiger partial charge on any atom is -0.508 e. The summed E-state index contributed by atoms with van der Waals surface area (Å²) in [5.41, 5.74) is 8.14. The number of phenols is 2. The standard InChI is InChI=1S/C19H22BrNO4/c1-25-18-11-16(20)14(10-17(18)23)8-13-9-15(22)7-6-12(13)4-2-3-5-19(21)24/h6-7,9-11,22-23H,2-5,8H2,1H3,(H2,21,24). The molecule has 0 radical (unpaired) electrons.